The first-order valence-corrected chi connectivity index (χ1v) is 11.4. The molecule has 0 radical (unpaired) electrons. The fourth-order valence-electron chi connectivity index (χ4n) is 3.99. The van der Waals surface area contributed by atoms with Crippen molar-refractivity contribution in [3.05, 3.63) is 64.3 Å². The Morgan fingerprint density at radius 1 is 0.972 bits per heavy atom. The van der Waals surface area contributed by atoms with Gasteiger partial charge in [-0.2, -0.15) is 0 Å². The van der Waals surface area contributed by atoms with Gasteiger partial charge in [0.25, 0.3) is 5.91 Å². The van der Waals surface area contributed by atoms with Gasteiger partial charge in [0.1, 0.15) is 36.3 Å². The van der Waals surface area contributed by atoms with Crippen molar-refractivity contribution in [2.75, 3.05) is 13.7 Å². The highest BCUT2D eigenvalue weighted by molar-refractivity contribution is 6.30. The van der Waals surface area contributed by atoms with Crippen LogP contribution in [0.2, 0.25) is 5.02 Å². The number of rotatable bonds is 10. The minimum absolute atomic E-state index is 0.350. The van der Waals surface area contributed by atoms with Crippen LogP contribution < -0.4 is 4.74 Å². The normalized spacial score (nSPS) is 15.8. The van der Waals surface area contributed by atoms with Gasteiger partial charge in [0.05, 0.1) is 19.2 Å². The van der Waals surface area contributed by atoms with Crippen LogP contribution in [0, 0.1) is 6.92 Å². The lowest BCUT2D eigenvalue weighted by Crippen LogP contribution is -2.52. The standard InChI is InChI=1S/C25H28ClNO9/c1-12-16(10-19(29)21(31)23(33)24(34)22(32)20(30)11-28)17-9-15(36-2)7-8-18(17)27(12)25(35)13-3-5-14(26)6-4-13/h3-9,20-24,28,30-34H,10-11H2,1-2H3/t20-,21?,22-,23-,24+/m1/s1. The molecule has 0 aliphatic carbocycles. The molecule has 0 fully saturated rings. The molecular formula is C25H28ClNO9. The average Bonchev–Trinajstić information content (AvgIpc) is 3.16. The van der Waals surface area contributed by atoms with Crippen LogP contribution in [0.5, 0.6) is 5.75 Å². The summed E-state index contributed by atoms with van der Waals surface area (Å²) in [5.74, 6) is -0.823. The number of aromatic nitrogens is 1. The van der Waals surface area contributed by atoms with Crippen LogP contribution in [0.15, 0.2) is 42.5 Å². The maximum atomic E-state index is 13.4. The summed E-state index contributed by atoms with van der Waals surface area (Å²) in [5, 5.41) is 59.8. The van der Waals surface area contributed by atoms with Gasteiger partial charge >= 0.3 is 0 Å². The van der Waals surface area contributed by atoms with E-state index >= 15 is 0 Å². The van der Waals surface area contributed by atoms with Crippen molar-refractivity contribution < 1.29 is 45.0 Å². The molecule has 1 aromatic heterocycles. The summed E-state index contributed by atoms with van der Waals surface area (Å²) in [6, 6.07) is 11.2. The number of ketones is 1. The highest BCUT2D eigenvalue weighted by Crippen LogP contribution is 2.31. The van der Waals surface area contributed by atoms with E-state index in [4.69, 9.17) is 21.4 Å². The zero-order chi connectivity index (χ0) is 26.7. The van der Waals surface area contributed by atoms with Gasteiger partial charge in [-0.3, -0.25) is 14.2 Å². The third-order valence-electron chi connectivity index (χ3n) is 6.12. The first-order chi connectivity index (χ1) is 17.0. The number of carbonyl (C=O) groups is 2. The van der Waals surface area contributed by atoms with E-state index in [1.54, 1.807) is 49.4 Å². The maximum Gasteiger partial charge on any atom is 0.262 e. The lowest BCUT2D eigenvalue weighted by Gasteiger charge is -2.27. The van der Waals surface area contributed by atoms with Gasteiger partial charge in [-0.05, 0) is 55.0 Å². The zero-order valence-corrected chi connectivity index (χ0v) is 20.3. The first kappa shape index (κ1) is 27.8. The molecule has 0 saturated carbocycles. The molecule has 0 aliphatic heterocycles. The van der Waals surface area contributed by atoms with E-state index in [0.29, 0.717) is 38.5 Å². The molecule has 194 valence electrons. The van der Waals surface area contributed by atoms with Crippen LogP contribution in [-0.4, -0.2) is 91.1 Å². The number of fused-ring (bicyclic) bond motifs is 1. The molecule has 0 bridgehead atoms. The highest BCUT2D eigenvalue weighted by Gasteiger charge is 2.37. The molecule has 2 aromatic carbocycles. The minimum atomic E-state index is -2.15. The molecular weight excluding hydrogens is 494 g/mol. The van der Waals surface area contributed by atoms with E-state index in [0.717, 1.165) is 0 Å². The quantitative estimate of drug-likeness (QED) is 0.218. The molecule has 3 rings (SSSR count). The number of benzene rings is 2. The summed E-state index contributed by atoms with van der Waals surface area (Å²) in [5.41, 5.74) is 1.62. The van der Waals surface area contributed by atoms with Crippen molar-refractivity contribution in [1.29, 1.82) is 0 Å². The molecule has 11 heteroatoms. The summed E-state index contributed by atoms with van der Waals surface area (Å²) >= 11 is 5.93. The topological polar surface area (TPSA) is 170 Å². The zero-order valence-electron chi connectivity index (χ0n) is 19.6. The maximum absolute atomic E-state index is 13.4. The predicted molar refractivity (Wildman–Crippen MR) is 130 cm³/mol. The number of aliphatic hydroxyl groups excluding tert-OH is 6. The van der Waals surface area contributed by atoms with Crippen molar-refractivity contribution in [3.63, 3.8) is 0 Å². The van der Waals surface area contributed by atoms with E-state index in [-0.39, 0.29) is 5.91 Å². The van der Waals surface area contributed by atoms with E-state index in [9.17, 15) is 35.1 Å². The lowest BCUT2D eigenvalue weighted by molar-refractivity contribution is -0.155. The van der Waals surface area contributed by atoms with Gasteiger partial charge in [-0.15, -0.1) is 0 Å². The number of Topliss-reactive ketones (excluding diaryl/α,β-unsaturated/α-hetero) is 1. The number of ether oxygens (including phenoxy) is 1. The van der Waals surface area contributed by atoms with Crippen LogP contribution in [0.3, 0.4) is 0 Å². The fraction of sp³-hybridized carbons (Fsp3) is 0.360. The second-order valence-electron chi connectivity index (χ2n) is 8.40. The number of hydrogen-bond acceptors (Lipinski definition) is 9. The molecule has 1 heterocycles. The van der Waals surface area contributed by atoms with Gasteiger partial charge in [0, 0.05) is 28.1 Å². The second-order valence-corrected chi connectivity index (χ2v) is 8.84. The molecule has 3 aromatic rings. The van der Waals surface area contributed by atoms with Crippen molar-refractivity contribution in [1.82, 2.24) is 4.57 Å². The van der Waals surface area contributed by atoms with Crippen LogP contribution in [0.1, 0.15) is 21.6 Å². The second kappa shape index (κ2) is 11.5. The number of aliphatic hydroxyl groups is 6. The number of halogens is 1. The Kier molecular flexibility index (Phi) is 8.85. The summed E-state index contributed by atoms with van der Waals surface area (Å²) in [4.78, 5) is 26.3. The van der Waals surface area contributed by atoms with Crippen molar-refractivity contribution >= 4 is 34.2 Å². The van der Waals surface area contributed by atoms with Crippen LogP contribution in [0.4, 0.5) is 0 Å². The van der Waals surface area contributed by atoms with E-state index in [2.05, 4.69) is 0 Å². The summed E-state index contributed by atoms with van der Waals surface area (Å²) in [6.45, 7) is 0.721. The van der Waals surface area contributed by atoms with E-state index in [1.165, 1.54) is 11.7 Å². The Morgan fingerprint density at radius 3 is 2.19 bits per heavy atom. The largest absolute Gasteiger partial charge is 0.497 e. The molecule has 1 unspecified atom stereocenters. The van der Waals surface area contributed by atoms with Gasteiger partial charge < -0.3 is 35.4 Å². The van der Waals surface area contributed by atoms with Crippen molar-refractivity contribution in [3.8, 4) is 5.75 Å². The highest BCUT2D eigenvalue weighted by atomic mass is 35.5. The number of nitrogens with zero attached hydrogens (tertiary/aromatic N) is 1. The fourth-order valence-corrected chi connectivity index (χ4v) is 4.12. The summed E-state index contributed by atoms with van der Waals surface area (Å²) in [7, 11) is 1.46. The van der Waals surface area contributed by atoms with Crippen molar-refractivity contribution in [2.24, 2.45) is 0 Å². The molecule has 0 aliphatic rings. The predicted octanol–water partition coefficient (Wildman–Crippen LogP) is 0.209. The molecule has 5 atom stereocenters. The molecule has 36 heavy (non-hydrogen) atoms. The van der Waals surface area contributed by atoms with Crippen molar-refractivity contribution in [2.45, 2.75) is 43.9 Å². The lowest BCUT2D eigenvalue weighted by atomic mass is 9.94. The third kappa shape index (κ3) is 5.45. The summed E-state index contributed by atoms with van der Waals surface area (Å²) < 4.78 is 6.69. The molecule has 0 amide bonds. The van der Waals surface area contributed by atoms with E-state index < -0.39 is 49.3 Å². The minimum Gasteiger partial charge on any atom is -0.497 e. The first-order valence-electron chi connectivity index (χ1n) is 11.0. The smallest absolute Gasteiger partial charge is 0.262 e. The average molecular weight is 522 g/mol. The van der Waals surface area contributed by atoms with Gasteiger partial charge in [-0.1, -0.05) is 11.6 Å². The number of methoxy groups -OCH3 is 1. The number of hydrogen-bond donors (Lipinski definition) is 6. The Morgan fingerprint density at radius 2 is 1.61 bits per heavy atom. The van der Waals surface area contributed by atoms with Crippen LogP contribution in [-0.2, 0) is 11.2 Å². The van der Waals surface area contributed by atoms with Gasteiger partial charge in [0.2, 0.25) is 0 Å². The molecule has 6 N–H and O–H groups in total. The van der Waals surface area contributed by atoms with E-state index in [1.807, 2.05) is 0 Å². The monoisotopic (exact) mass is 521 g/mol. The van der Waals surface area contributed by atoms with Gasteiger partial charge in [0.15, 0.2) is 5.78 Å². The Balaban J connectivity index is 1.99. The summed E-state index contributed by atoms with van der Waals surface area (Å²) in [6.07, 6.45) is -10.6. The number of carbonyl (C=O) groups excluding carboxylic acids is 2. The Hall–Kier alpha value is -2.83. The van der Waals surface area contributed by atoms with Crippen LogP contribution in [0.25, 0.3) is 10.9 Å². The Bertz CT molecular complexity index is 1240. The third-order valence-corrected chi connectivity index (χ3v) is 6.37. The van der Waals surface area contributed by atoms with Crippen LogP contribution >= 0.6 is 11.6 Å². The molecule has 10 nitrogen and oxygen atoms in total. The molecule has 0 saturated heterocycles. The Labute approximate surface area is 211 Å². The van der Waals surface area contributed by atoms with Gasteiger partial charge in [-0.25, -0.2) is 0 Å². The SMILES string of the molecule is COc1ccc2c(c1)c(CC(=O)C(O)[C@@H](O)[C@@H](O)[C@H](O)[C@H](O)CO)c(C)n2C(=O)c1ccc(Cl)cc1. The molecule has 0 spiro atoms.